The van der Waals surface area contributed by atoms with Crippen molar-refractivity contribution < 1.29 is 18.3 Å². The summed E-state index contributed by atoms with van der Waals surface area (Å²) in [7, 11) is -1.40. The third-order valence-corrected chi connectivity index (χ3v) is 7.05. The second-order valence-electron chi connectivity index (χ2n) is 7.14. The maximum atomic E-state index is 12.8. The maximum Gasteiger partial charge on any atom is 0.404 e. The van der Waals surface area contributed by atoms with Crippen LogP contribution < -0.4 is 5.32 Å². The van der Waals surface area contributed by atoms with Crippen LogP contribution in [-0.2, 0) is 9.84 Å². The Bertz CT molecular complexity index is 676. The van der Waals surface area contributed by atoms with Crippen molar-refractivity contribution in [2.24, 2.45) is 5.92 Å². The van der Waals surface area contributed by atoms with E-state index in [-0.39, 0.29) is 23.8 Å². The Hall–Kier alpha value is -1.60. The summed E-state index contributed by atoms with van der Waals surface area (Å²) in [4.78, 5) is 13.6. The number of hydrogen-bond donors (Lipinski definition) is 2. The molecule has 140 valence electrons. The Kier molecular flexibility index (Phi) is 6.46. The summed E-state index contributed by atoms with van der Waals surface area (Å²) in [6, 6.07) is 8.68. The van der Waals surface area contributed by atoms with Gasteiger partial charge in [-0.1, -0.05) is 18.2 Å². The zero-order valence-electron chi connectivity index (χ0n) is 15.1. The molecule has 0 aromatic heterocycles. The van der Waals surface area contributed by atoms with Gasteiger partial charge < -0.3 is 15.3 Å². The van der Waals surface area contributed by atoms with Crippen LogP contribution in [0.15, 0.2) is 35.2 Å². The molecular weight excluding hydrogens is 340 g/mol. The second-order valence-corrected chi connectivity index (χ2v) is 9.17. The molecular formula is C18H28N2O4S. The highest BCUT2D eigenvalue weighted by Crippen LogP contribution is 2.31. The van der Waals surface area contributed by atoms with Gasteiger partial charge in [0.2, 0.25) is 0 Å². The summed E-state index contributed by atoms with van der Waals surface area (Å²) < 4.78 is 25.5. The first-order valence-electron chi connectivity index (χ1n) is 8.70. The number of sulfone groups is 1. The zero-order chi connectivity index (χ0) is 18.6. The van der Waals surface area contributed by atoms with Crippen molar-refractivity contribution >= 4 is 15.9 Å². The first-order valence-corrected chi connectivity index (χ1v) is 10.3. The number of carboxylic acid groups (broad SMARTS) is 1. The maximum absolute atomic E-state index is 12.8. The minimum Gasteiger partial charge on any atom is -0.465 e. The molecule has 1 amide bonds. The van der Waals surface area contributed by atoms with E-state index in [1.54, 1.807) is 30.3 Å². The molecule has 1 aromatic carbocycles. The fraction of sp³-hybridized carbons (Fsp3) is 0.611. The van der Waals surface area contributed by atoms with Crippen molar-refractivity contribution in [2.75, 3.05) is 12.8 Å². The number of hydrogen-bond acceptors (Lipinski definition) is 4. The van der Waals surface area contributed by atoms with E-state index in [0.29, 0.717) is 23.8 Å². The van der Waals surface area contributed by atoms with E-state index in [4.69, 9.17) is 5.11 Å². The van der Waals surface area contributed by atoms with Gasteiger partial charge in [0.15, 0.2) is 9.84 Å². The van der Waals surface area contributed by atoms with Crippen LogP contribution in [0.25, 0.3) is 0 Å². The van der Waals surface area contributed by atoms with Gasteiger partial charge >= 0.3 is 6.09 Å². The van der Waals surface area contributed by atoms with Gasteiger partial charge in [-0.15, -0.1) is 0 Å². The third kappa shape index (κ3) is 5.19. The SMILES string of the molecule is CC(C)N(C)[C@@H]1CCC(NC(=O)O)C(CS(=O)(=O)c2ccccc2)C1. The van der Waals surface area contributed by atoms with E-state index in [1.165, 1.54) is 0 Å². The highest BCUT2D eigenvalue weighted by molar-refractivity contribution is 7.91. The van der Waals surface area contributed by atoms with Gasteiger partial charge in [-0.25, -0.2) is 13.2 Å². The molecule has 1 aliphatic rings. The van der Waals surface area contributed by atoms with E-state index in [9.17, 15) is 13.2 Å². The largest absolute Gasteiger partial charge is 0.465 e. The molecule has 0 saturated heterocycles. The molecule has 1 fully saturated rings. The molecule has 1 saturated carbocycles. The Morgan fingerprint density at radius 3 is 2.48 bits per heavy atom. The first kappa shape index (κ1) is 19.7. The number of benzene rings is 1. The summed E-state index contributed by atoms with van der Waals surface area (Å²) in [6.45, 7) is 4.22. The van der Waals surface area contributed by atoms with Crippen LogP contribution in [0.1, 0.15) is 33.1 Å². The molecule has 0 spiro atoms. The molecule has 0 aliphatic heterocycles. The lowest BCUT2D eigenvalue weighted by Crippen LogP contribution is -2.50. The molecule has 2 rings (SSSR count). The minimum absolute atomic E-state index is 0.0373. The molecule has 1 aliphatic carbocycles. The van der Waals surface area contributed by atoms with E-state index >= 15 is 0 Å². The molecule has 2 unspecified atom stereocenters. The number of amides is 1. The fourth-order valence-corrected chi connectivity index (χ4v) is 5.27. The molecule has 6 nitrogen and oxygen atoms in total. The Morgan fingerprint density at radius 2 is 1.92 bits per heavy atom. The van der Waals surface area contributed by atoms with Crippen molar-refractivity contribution in [3.05, 3.63) is 30.3 Å². The first-order chi connectivity index (χ1) is 11.7. The van der Waals surface area contributed by atoms with Crippen LogP contribution in [0.3, 0.4) is 0 Å². The summed E-state index contributed by atoms with van der Waals surface area (Å²) >= 11 is 0. The quantitative estimate of drug-likeness (QED) is 0.806. The molecule has 0 bridgehead atoms. The average molecular weight is 368 g/mol. The zero-order valence-corrected chi connectivity index (χ0v) is 15.9. The van der Waals surface area contributed by atoms with Crippen LogP contribution in [0.4, 0.5) is 4.79 Å². The lowest BCUT2D eigenvalue weighted by Gasteiger charge is -2.41. The summed E-state index contributed by atoms with van der Waals surface area (Å²) in [6.07, 6.45) is 1.10. The molecule has 25 heavy (non-hydrogen) atoms. The van der Waals surface area contributed by atoms with E-state index < -0.39 is 15.9 Å². The second kappa shape index (κ2) is 8.19. The average Bonchev–Trinajstić information content (AvgIpc) is 2.56. The molecule has 2 N–H and O–H groups in total. The Labute approximate surface area is 150 Å². The normalized spacial score (nSPS) is 24.4. The van der Waals surface area contributed by atoms with Gasteiger partial charge in [-0.05, 0) is 58.2 Å². The van der Waals surface area contributed by atoms with Crippen LogP contribution in [0.2, 0.25) is 0 Å². The van der Waals surface area contributed by atoms with Crippen molar-refractivity contribution in [3.63, 3.8) is 0 Å². The van der Waals surface area contributed by atoms with Crippen molar-refractivity contribution in [3.8, 4) is 0 Å². The fourth-order valence-electron chi connectivity index (χ4n) is 3.57. The third-order valence-electron chi connectivity index (χ3n) is 5.19. The topological polar surface area (TPSA) is 86.7 Å². The van der Waals surface area contributed by atoms with E-state index in [1.807, 2.05) is 7.05 Å². The molecule has 0 radical (unpaired) electrons. The molecule has 0 heterocycles. The molecule has 7 heteroatoms. The highest BCUT2D eigenvalue weighted by atomic mass is 32.2. The number of rotatable bonds is 6. The van der Waals surface area contributed by atoms with E-state index in [2.05, 4.69) is 24.1 Å². The van der Waals surface area contributed by atoms with Crippen molar-refractivity contribution in [2.45, 2.75) is 56.1 Å². The number of carbonyl (C=O) groups is 1. The number of nitrogens with zero attached hydrogens (tertiary/aromatic N) is 1. The number of nitrogens with one attached hydrogen (secondary N) is 1. The lowest BCUT2D eigenvalue weighted by atomic mass is 9.81. The predicted molar refractivity (Wildman–Crippen MR) is 97.5 cm³/mol. The van der Waals surface area contributed by atoms with Crippen molar-refractivity contribution in [1.82, 2.24) is 10.2 Å². The Balaban J connectivity index is 2.20. The van der Waals surface area contributed by atoms with Crippen LogP contribution >= 0.6 is 0 Å². The van der Waals surface area contributed by atoms with Gasteiger partial charge in [0, 0.05) is 18.1 Å². The standard InChI is InChI=1S/C18H28N2O4S/c1-13(2)20(3)15-9-10-17(19-18(21)22)14(11-15)12-25(23,24)16-7-5-4-6-8-16/h4-8,13-15,17,19H,9-12H2,1-3H3,(H,21,22)/t14?,15-,17?/m1/s1. The molecule has 3 atom stereocenters. The van der Waals surface area contributed by atoms with Gasteiger partial charge in [0.25, 0.3) is 0 Å². The van der Waals surface area contributed by atoms with Gasteiger partial charge in [-0.2, -0.15) is 0 Å². The van der Waals surface area contributed by atoms with Gasteiger partial charge in [-0.3, -0.25) is 0 Å². The van der Waals surface area contributed by atoms with Crippen LogP contribution in [0, 0.1) is 5.92 Å². The lowest BCUT2D eigenvalue weighted by molar-refractivity contribution is 0.112. The molecule has 1 aromatic rings. The van der Waals surface area contributed by atoms with Gasteiger partial charge in [0.1, 0.15) is 0 Å². The van der Waals surface area contributed by atoms with E-state index in [0.717, 1.165) is 6.42 Å². The summed E-state index contributed by atoms with van der Waals surface area (Å²) in [5.41, 5.74) is 0. The summed E-state index contributed by atoms with van der Waals surface area (Å²) in [5.74, 6) is -0.272. The van der Waals surface area contributed by atoms with Crippen LogP contribution in [-0.4, -0.2) is 55.4 Å². The predicted octanol–water partition coefficient (Wildman–Crippen LogP) is 2.61. The minimum atomic E-state index is -3.45. The highest BCUT2D eigenvalue weighted by Gasteiger charge is 2.36. The summed E-state index contributed by atoms with van der Waals surface area (Å²) in [5, 5.41) is 11.6. The van der Waals surface area contributed by atoms with Crippen molar-refractivity contribution in [1.29, 1.82) is 0 Å². The smallest absolute Gasteiger partial charge is 0.404 e. The van der Waals surface area contributed by atoms with Gasteiger partial charge in [0.05, 0.1) is 10.6 Å². The monoisotopic (exact) mass is 368 g/mol. The van der Waals surface area contributed by atoms with Crippen LogP contribution in [0.5, 0.6) is 0 Å². The Morgan fingerprint density at radius 1 is 1.28 bits per heavy atom.